The molecule has 0 saturated carbocycles. The molecule has 0 spiro atoms. The van der Waals surface area contributed by atoms with E-state index in [4.69, 9.17) is 8.83 Å². The maximum atomic E-state index is 10.1. The molecule has 0 saturated heterocycles. The van der Waals surface area contributed by atoms with E-state index in [0.717, 1.165) is 117 Å². The summed E-state index contributed by atoms with van der Waals surface area (Å²) in [7, 11) is 0. The Morgan fingerprint density at radius 1 is 0.300 bits per heavy atom. The molecule has 3 aromatic heterocycles. The van der Waals surface area contributed by atoms with E-state index in [2.05, 4.69) is 275 Å². The summed E-state index contributed by atoms with van der Waals surface area (Å²) >= 11 is 0. The average Bonchev–Trinajstić information content (AvgIpc) is 1.25. The van der Waals surface area contributed by atoms with Crippen molar-refractivity contribution >= 4 is 123 Å². The molecule has 2 aliphatic heterocycles. The number of nitrogens with zero attached hydrogens (tertiary/aromatic N) is 3. The van der Waals surface area contributed by atoms with Gasteiger partial charge in [-0.3, -0.25) is 0 Å². The summed E-state index contributed by atoms with van der Waals surface area (Å²) in [6.07, 6.45) is 0. The summed E-state index contributed by atoms with van der Waals surface area (Å²) in [5.41, 5.74) is 23.2. The Balaban J connectivity index is 1.04. The first kappa shape index (κ1) is 53.0. The number of aromatic nitrogens is 1. The molecular weight excluding hydrogens is 1210 g/mol. The van der Waals surface area contributed by atoms with Crippen LogP contribution in [0.15, 0.2) is 276 Å². The van der Waals surface area contributed by atoms with Gasteiger partial charge in [0.15, 0.2) is 0 Å². The van der Waals surface area contributed by atoms with Gasteiger partial charge in [0.1, 0.15) is 22.3 Å². The summed E-state index contributed by atoms with van der Waals surface area (Å²) in [6.45, 7) is 26.7. The van der Waals surface area contributed by atoms with Crippen LogP contribution in [-0.4, -0.2) is 11.3 Å². The zero-order valence-corrected chi connectivity index (χ0v) is 58.5. The molecule has 6 heteroatoms. The molecule has 18 rings (SSSR count). The van der Waals surface area contributed by atoms with E-state index in [1.807, 2.05) is 36.4 Å². The predicted molar refractivity (Wildman–Crippen MR) is 426 cm³/mol. The van der Waals surface area contributed by atoms with Crippen molar-refractivity contribution in [3.8, 4) is 50.2 Å². The Morgan fingerprint density at radius 3 is 1.08 bits per heavy atom. The van der Waals surface area contributed by atoms with Crippen molar-refractivity contribution in [3.05, 3.63) is 289 Å². The van der Waals surface area contributed by atoms with Crippen LogP contribution in [-0.2, 0) is 21.7 Å². The lowest BCUT2D eigenvalue weighted by Gasteiger charge is -2.45. The SMILES string of the molecule is [2H]c1c([2H])c([2H])c2c(c1[2H])c1c([2H])c([2H])c([2H])c([2H])c1n2-c1cc2c3c(c1)N(c1cccc4oc5ccc(-c6ccccc6)cc5c14)c1cc(-c4cc(C(C)(C)C)cc(C(C)(C)C)c4)ccc1B3c1ccc(-c3cc(C(C)(C)C)cc(C(C)(C)C)c3)cc1N2c1cccc2oc3ccc(-c4ccccc4)cc3c12. The summed E-state index contributed by atoms with van der Waals surface area (Å²) < 4.78 is 92.8. The third-order valence-electron chi connectivity index (χ3n) is 21.0. The number of para-hydroxylation sites is 2. The fourth-order valence-corrected chi connectivity index (χ4v) is 15.6. The van der Waals surface area contributed by atoms with Crippen LogP contribution in [0, 0.1) is 0 Å². The van der Waals surface area contributed by atoms with Crippen molar-refractivity contribution in [2.24, 2.45) is 0 Å². The standard InChI is InChI=1S/C94H80BN3O2/c1-91(2,3)65-45-63(46-66(53-65)92(4,5)6)61-37-41-74-80(51-61)97(78-33-23-35-86-88(78)72-49-59(39-43-84(72)99-86)57-25-15-13-16-26-57)82-55-69(96-76-31-21-19-29-70(76)71-30-20-22-32-77(71)96)56-83-90(82)95(74)75-42-38-62(64-47-67(93(7,8)9)54-68(48-64)94(10,11)12)52-81(75)98(83)79-34-24-36-87-89(79)73-50-60(40-44-85(73)100-87)58-27-17-14-18-28-58/h13-56H,1-12H3/i19D,20D,21D,22D,29D,30D,31D,32D. The fourth-order valence-electron chi connectivity index (χ4n) is 15.6. The Bertz CT molecular complexity index is 6090. The maximum absolute atomic E-state index is 10.1. The van der Waals surface area contributed by atoms with Crippen LogP contribution in [0.4, 0.5) is 34.1 Å². The summed E-state index contributed by atoms with van der Waals surface area (Å²) in [4.78, 5) is 4.73. The van der Waals surface area contributed by atoms with Crippen molar-refractivity contribution in [1.29, 1.82) is 0 Å². The molecule has 5 heterocycles. The first-order chi connectivity index (χ1) is 51.4. The molecule has 0 amide bonds. The van der Waals surface area contributed by atoms with Gasteiger partial charge < -0.3 is 23.2 Å². The number of furan rings is 2. The van der Waals surface area contributed by atoms with Gasteiger partial charge >= 0.3 is 0 Å². The molecular formula is C94H80BN3O2. The van der Waals surface area contributed by atoms with Crippen molar-refractivity contribution < 1.29 is 19.8 Å². The molecule has 0 aliphatic carbocycles. The molecule has 0 atom stereocenters. The second-order valence-electron chi connectivity index (χ2n) is 31.6. The Labute approximate surface area is 597 Å². The molecule has 0 radical (unpaired) electrons. The van der Waals surface area contributed by atoms with E-state index in [1.165, 1.54) is 22.3 Å². The first-order valence-corrected chi connectivity index (χ1v) is 34.8. The van der Waals surface area contributed by atoms with Crippen molar-refractivity contribution in [1.82, 2.24) is 4.57 Å². The minimum absolute atomic E-state index is 0.0105. The maximum Gasteiger partial charge on any atom is 0.252 e. The Hall–Kier alpha value is -11.1. The topological polar surface area (TPSA) is 37.7 Å². The zero-order chi connectivity index (χ0) is 75.4. The molecule has 16 aromatic rings. The monoisotopic (exact) mass is 1300 g/mol. The van der Waals surface area contributed by atoms with Crippen LogP contribution in [0.5, 0.6) is 0 Å². The van der Waals surface area contributed by atoms with Crippen LogP contribution in [0.25, 0.3) is 116 Å². The quantitative estimate of drug-likeness (QED) is 0.149. The van der Waals surface area contributed by atoms with Gasteiger partial charge in [0.25, 0.3) is 6.71 Å². The summed E-state index contributed by atoms with van der Waals surface area (Å²) in [5, 5.41) is 3.48. The van der Waals surface area contributed by atoms with Crippen molar-refractivity contribution in [3.63, 3.8) is 0 Å². The molecule has 5 nitrogen and oxygen atoms in total. The van der Waals surface area contributed by atoms with Gasteiger partial charge in [0.2, 0.25) is 0 Å². The number of fused-ring (bicyclic) bond motifs is 13. The van der Waals surface area contributed by atoms with Gasteiger partial charge in [-0.05, 0) is 190 Å². The van der Waals surface area contributed by atoms with Gasteiger partial charge in [0.05, 0.1) is 49.8 Å². The van der Waals surface area contributed by atoms with Crippen molar-refractivity contribution in [2.45, 2.75) is 105 Å². The smallest absolute Gasteiger partial charge is 0.252 e. The third-order valence-corrected chi connectivity index (χ3v) is 21.0. The molecule has 0 N–H and O–H groups in total. The van der Waals surface area contributed by atoms with E-state index < -0.39 is 55.1 Å². The third kappa shape index (κ3) is 9.88. The van der Waals surface area contributed by atoms with E-state index in [9.17, 15) is 11.0 Å². The number of hydrogen-bond donors (Lipinski definition) is 0. The lowest BCUT2D eigenvalue weighted by Crippen LogP contribution is -2.61. The molecule has 0 fully saturated rings. The number of hydrogen-bond acceptors (Lipinski definition) is 4. The lowest BCUT2D eigenvalue weighted by atomic mass is 9.33. The number of anilines is 6. The highest BCUT2D eigenvalue weighted by Gasteiger charge is 2.45. The fraction of sp³-hybridized carbons (Fsp3) is 0.170. The van der Waals surface area contributed by atoms with E-state index in [0.29, 0.717) is 28.0 Å². The van der Waals surface area contributed by atoms with E-state index >= 15 is 0 Å². The van der Waals surface area contributed by atoms with Crippen LogP contribution < -0.4 is 26.2 Å². The molecule has 100 heavy (non-hydrogen) atoms. The highest BCUT2D eigenvalue weighted by Crippen LogP contribution is 2.53. The first-order valence-electron chi connectivity index (χ1n) is 38.8. The van der Waals surface area contributed by atoms with E-state index in [-0.39, 0.29) is 43.5 Å². The molecule has 13 aromatic carbocycles. The minimum Gasteiger partial charge on any atom is -0.456 e. The Kier molecular flexibility index (Phi) is 11.8. The second kappa shape index (κ2) is 22.2. The van der Waals surface area contributed by atoms with Gasteiger partial charge in [-0.2, -0.15) is 0 Å². The molecule has 486 valence electrons. The molecule has 0 bridgehead atoms. The summed E-state index contributed by atoms with van der Waals surface area (Å²) in [6, 6.07) is 74.5. The van der Waals surface area contributed by atoms with Gasteiger partial charge in [-0.1, -0.05) is 265 Å². The average molecular weight is 1300 g/mol. The van der Waals surface area contributed by atoms with Gasteiger partial charge in [0, 0.05) is 44.3 Å². The Morgan fingerprint density at radius 2 is 0.680 bits per heavy atom. The molecule has 2 aliphatic rings. The van der Waals surface area contributed by atoms with Crippen LogP contribution >= 0.6 is 0 Å². The predicted octanol–water partition coefficient (Wildman–Crippen LogP) is 24.5. The van der Waals surface area contributed by atoms with Crippen LogP contribution in [0.1, 0.15) is 116 Å². The number of benzene rings is 13. The molecule has 0 unspecified atom stereocenters. The normalized spacial score (nSPS) is 14.5. The highest BCUT2D eigenvalue weighted by atomic mass is 16.3. The van der Waals surface area contributed by atoms with Crippen molar-refractivity contribution in [2.75, 3.05) is 9.80 Å². The summed E-state index contributed by atoms with van der Waals surface area (Å²) in [5.74, 6) is 0. The van der Waals surface area contributed by atoms with E-state index in [1.54, 1.807) is 4.57 Å². The largest absolute Gasteiger partial charge is 0.456 e. The lowest BCUT2D eigenvalue weighted by molar-refractivity contribution is 0.568. The van der Waals surface area contributed by atoms with Gasteiger partial charge in [-0.15, -0.1) is 0 Å². The van der Waals surface area contributed by atoms with Crippen LogP contribution in [0.2, 0.25) is 0 Å². The zero-order valence-electron chi connectivity index (χ0n) is 66.5. The van der Waals surface area contributed by atoms with Crippen LogP contribution in [0.3, 0.4) is 0 Å². The number of rotatable bonds is 7. The minimum atomic E-state index is -0.517. The highest BCUT2D eigenvalue weighted by molar-refractivity contribution is 7.00. The second-order valence-corrected chi connectivity index (χ2v) is 31.6. The van der Waals surface area contributed by atoms with Gasteiger partial charge in [-0.25, -0.2) is 0 Å².